The Balaban J connectivity index is 2.07. The second-order valence-corrected chi connectivity index (χ2v) is 4.53. The van der Waals surface area contributed by atoms with Crippen molar-refractivity contribution in [3.8, 4) is 0 Å². The summed E-state index contributed by atoms with van der Waals surface area (Å²) in [4.78, 5) is 0. The van der Waals surface area contributed by atoms with E-state index in [9.17, 15) is 5.11 Å². The molecule has 0 bridgehead atoms. The zero-order valence-corrected chi connectivity index (χ0v) is 8.66. The van der Waals surface area contributed by atoms with E-state index in [1.54, 1.807) is 0 Å². The minimum absolute atomic E-state index is 0.102. The average Bonchev–Trinajstić information content (AvgIpc) is 2.55. The molecule has 3 N–H and O–H groups in total. The number of rotatable bonds is 0. The van der Waals surface area contributed by atoms with Crippen molar-refractivity contribution < 1.29 is 5.11 Å². The van der Waals surface area contributed by atoms with Crippen LogP contribution in [0.2, 0.25) is 0 Å². The SMILES string of the molecule is OC1Nc2ccccc2C12CCCNC2. The lowest BCUT2D eigenvalue weighted by atomic mass is 9.75. The Morgan fingerprint density at radius 2 is 2.20 bits per heavy atom. The van der Waals surface area contributed by atoms with Gasteiger partial charge in [0.2, 0.25) is 0 Å². The third-order valence-corrected chi connectivity index (χ3v) is 3.70. The molecule has 2 aliphatic heterocycles. The van der Waals surface area contributed by atoms with E-state index < -0.39 is 6.23 Å². The van der Waals surface area contributed by atoms with Gasteiger partial charge in [-0.2, -0.15) is 0 Å². The van der Waals surface area contributed by atoms with Gasteiger partial charge in [-0.1, -0.05) is 18.2 Å². The first-order chi connectivity index (χ1) is 7.33. The standard InChI is InChI=1S/C12H16N2O/c15-11-12(6-3-7-13-8-12)9-4-1-2-5-10(9)14-11/h1-2,4-5,11,13-15H,3,6-8H2. The number of piperidine rings is 1. The summed E-state index contributed by atoms with van der Waals surface area (Å²) in [6.45, 7) is 1.94. The predicted octanol–water partition coefficient (Wildman–Crippen LogP) is 1.05. The van der Waals surface area contributed by atoms with Gasteiger partial charge >= 0.3 is 0 Å². The molecule has 0 saturated carbocycles. The molecule has 1 aromatic carbocycles. The Labute approximate surface area is 89.5 Å². The highest BCUT2D eigenvalue weighted by molar-refractivity contribution is 5.61. The molecule has 1 fully saturated rings. The van der Waals surface area contributed by atoms with Crippen LogP contribution >= 0.6 is 0 Å². The number of fused-ring (bicyclic) bond motifs is 2. The number of aliphatic hydroxyl groups is 1. The largest absolute Gasteiger partial charge is 0.373 e. The number of hydrogen-bond acceptors (Lipinski definition) is 3. The fourth-order valence-electron chi connectivity index (χ4n) is 2.87. The molecule has 3 nitrogen and oxygen atoms in total. The van der Waals surface area contributed by atoms with Crippen LogP contribution in [0.4, 0.5) is 5.69 Å². The Kier molecular flexibility index (Phi) is 1.97. The van der Waals surface area contributed by atoms with Crippen LogP contribution in [0.15, 0.2) is 24.3 Å². The minimum atomic E-state index is -0.442. The first-order valence-electron chi connectivity index (χ1n) is 5.58. The van der Waals surface area contributed by atoms with E-state index in [2.05, 4.69) is 22.8 Å². The van der Waals surface area contributed by atoms with Crippen molar-refractivity contribution in [1.82, 2.24) is 5.32 Å². The summed E-state index contributed by atoms with van der Waals surface area (Å²) in [7, 11) is 0. The van der Waals surface area contributed by atoms with Crippen LogP contribution < -0.4 is 10.6 Å². The van der Waals surface area contributed by atoms with E-state index in [0.29, 0.717) is 0 Å². The third-order valence-electron chi connectivity index (χ3n) is 3.70. The van der Waals surface area contributed by atoms with E-state index >= 15 is 0 Å². The van der Waals surface area contributed by atoms with Crippen LogP contribution in [-0.2, 0) is 5.41 Å². The highest BCUT2D eigenvalue weighted by atomic mass is 16.3. The first-order valence-corrected chi connectivity index (χ1v) is 5.58. The molecule has 3 rings (SSSR count). The molecular formula is C12H16N2O. The van der Waals surface area contributed by atoms with Gasteiger partial charge < -0.3 is 15.7 Å². The van der Waals surface area contributed by atoms with Crippen molar-refractivity contribution in [1.29, 1.82) is 0 Å². The van der Waals surface area contributed by atoms with Crippen molar-refractivity contribution >= 4 is 5.69 Å². The van der Waals surface area contributed by atoms with Crippen molar-refractivity contribution in [2.45, 2.75) is 24.5 Å². The summed E-state index contributed by atoms with van der Waals surface area (Å²) in [5, 5.41) is 16.7. The number of para-hydroxylation sites is 1. The molecule has 0 aromatic heterocycles. The van der Waals surface area contributed by atoms with Gasteiger partial charge in [0, 0.05) is 12.2 Å². The number of benzene rings is 1. The molecule has 1 saturated heterocycles. The summed E-state index contributed by atoms with van der Waals surface area (Å²) in [5.41, 5.74) is 2.26. The van der Waals surface area contributed by atoms with Gasteiger partial charge in [-0.25, -0.2) is 0 Å². The van der Waals surface area contributed by atoms with E-state index in [0.717, 1.165) is 31.6 Å². The second-order valence-electron chi connectivity index (χ2n) is 4.53. The van der Waals surface area contributed by atoms with Crippen LogP contribution in [0.5, 0.6) is 0 Å². The molecule has 1 spiro atoms. The second kappa shape index (κ2) is 3.22. The van der Waals surface area contributed by atoms with Crippen molar-refractivity contribution in [3.05, 3.63) is 29.8 Å². The Bertz CT molecular complexity index is 372. The molecule has 1 aromatic rings. The summed E-state index contributed by atoms with van der Waals surface area (Å²) in [6, 6.07) is 8.23. The molecule has 2 unspecified atom stereocenters. The van der Waals surface area contributed by atoms with Crippen molar-refractivity contribution in [2.75, 3.05) is 18.4 Å². The molecule has 0 amide bonds. The Morgan fingerprint density at radius 3 is 3.00 bits per heavy atom. The van der Waals surface area contributed by atoms with Gasteiger partial charge in [0.1, 0.15) is 6.23 Å². The molecule has 15 heavy (non-hydrogen) atoms. The lowest BCUT2D eigenvalue weighted by molar-refractivity contribution is 0.0955. The normalized spacial score (nSPS) is 33.8. The molecule has 2 aliphatic rings. The summed E-state index contributed by atoms with van der Waals surface area (Å²) in [6.07, 6.45) is 1.75. The van der Waals surface area contributed by atoms with Crippen LogP contribution in [0.3, 0.4) is 0 Å². The minimum Gasteiger partial charge on any atom is -0.373 e. The maximum Gasteiger partial charge on any atom is 0.135 e. The average molecular weight is 204 g/mol. The highest BCUT2D eigenvalue weighted by Gasteiger charge is 2.46. The Hall–Kier alpha value is -1.06. The molecule has 0 aliphatic carbocycles. The van der Waals surface area contributed by atoms with E-state index in [1.807, 2.05) is 12.1 Å². The maximum atomic E-state index is 10.2. The smallest absolute Gasteiger partial charge is 0.135 e. The summed E-state index contributed by atoms with van der Waals surface area (Å²) < 4.78 is 0. The van der Waals surface area contributed by atoms with Crippen LogP contribution in [0.25, 0.3) is 0 Å². The number of anilines is 1. The maximum absolute atomic E-state index is 10.2. The van der Waals surface area contributed by atoms with E-state index in [1.165, 1.54) is 5.56 Å². The van der Waals surface area contributed by atoms with Gasteiger partial charge in [-0.15, -0.1) is 0 Å². The lowest BCUT2D eigenvalue weighted by Crippen LogP contribution is -2.50. The zero-order valence-electron chi connectivity index (χ0n) is 8.66. The lowest BCUT2D eigenvalue weighted by Gasteiger charge is -2.36. The molecule has 3 heteroatoms. The van der Waals surface area contributed by atoms with Crippen LogP contribution in [-0.4, -0.2) is 24.4 Å². The van der Waals surface area contributed by atoms with Crippen LogP contribution in [0.1, 0.15) is 18.4 Å². The number of hydrogen-bond donors (Lipinski definition) is 3. The molecule has 2 atom stereocenters. The molecule has 2 heterocycles. The zero-order chi connectivity index (χ0) is 10.3. The van der Waals surface area contributed by atoms with E-state index in [-0.39, 0.29) is 5.41 Å². The summed E-state index contributed by atoms with van der Waals surface area (Å²) >= 11 is 0. The summed E-state index contributed by atoms with van der Waals surface area (Å²) in [5.74, 6) is 0. The van der Waals surface area contributed by atoms with Gasteiger partial charge in [0.05, 0.1) is 5.41 Å². The fourth-order valence-corrected chi connectivity index (χ4v) is 2.87. The first kappa shape index (κ1) is 9.19. The van der Waals surface area contributed by atoms with Gasteiger partial charge in [0.15, 0.2) is 0 Å². The van der Waals surface area contributed by atoms with Gasteiger partial charge in [-0.3, -0.25) is 0 Å². The fraction of sp³-hybridized carbons (Fsp3) is 0.500. The number of aliphatic hydroxyl groups excluding tert-OH is 1. The van der Waals surface area contributed by atoms with Crippen molar-refractivity contribution in [2.24, 2.45) is 0 Å². The van der Waals surface area contributed by atoms with Gasteiger partial charge in [0.25, 0.3) is 0 Å². The topological polar surface area (TPSA) is 44.3 Å². The highest BCUT2D eigenvalue weighted by Crippen LogP contribution is 2.43. The van der Waals surface area contributed by atoms with Crippen LogP contribution in [0, 0.1) is 0 Å². The Morgan fingerprint density at radius 1 is 1.33 bits per heavy atom. The molecular weight excluding hydrogens is 188 g/mol. The molecule has 0 radical (unpaired) electrons. The third kappa shape index (κ3) is 1.20. The molecule has 80 valence electrons. The monoisotopic (exact) mass is 204 g/mol. The van der Waals surface area contributed by atoms with Gasteiger partial charge in [-0.05, 0) is 31.0 Å². The quantitative estimate of drug-likeness (QED) is 0.592. The number of nitrogens with one attached hydrogen (secondary N) is 2. The predicted molar refractivity (Wildman–Crippen MR) is 59.9 cm³/mol. The van der Waals surface area contributed by atoms with E-state index in [4.69, 9.17) is 0 Å². The van der Waals surface area contributed by atoms with Crippen molar-refractivity contribution in [3.63, 3.8) is 0 Å².